The lowest BCUT2D eigenvalue weighted by Crippen LogP contribution is -2.35. The first-order valence-corrected chi connectivity index (χ1v) is 16.5. The third-order valence-corrected chi connectivity index (χ3v) is 8.75. The number of nitrogens with zero attached hydrogens (tertiary/aromatic N) is 8. The van der Waals surface area contributed by atoms with Gasteiger partial charge in [0.05, 0.1) is 40.9 Å². The van der Waals surface area contributed by atoms with E-state index in [-0.39, 0.29) is 31.5 Å². The van der Waals surface area contributed by atoms with E-state index in [1.807, 2.05) is 38.1 Å². The average Bonchev–Trinajstić information content (AvgIpc) is 3.87. The van der Waals surface area contributed by atoms with Gasteiger partial charge in [-0.15, -0.1) is 4.91 Å². The molecule has 6 rings (SSSR count). The summed E-state index contributed by atoms with van der Waals surface area (Å²) in [7, 11) is 0. The fourth-order valence-corrected chi connectivity index (χ4v) is 5.97. The van der Waals surface area contributed by atoms with Crippen molar-refractivity contribution in [3.05, 3.63) is 117 Å². The van der Waals surface area contributed by atoms with Crippen LogP contribution in [0.1, 0.15) is 31.9 Å². The molecule has 0 amide bonds. The molecule has 0 aliphatic carbocycles. The van der Waals surface area contributed by atoms with E-state index in [4.69, 9.17) is 37.4 Å². The van der Waals surface area contributed by atoms with Crippen LogP contribution in [-0.2, 0) is 21.8 Å². The van der Waals surface area contributed by atoms with E-state index in [0.29, 0.717) is 45.8 Å². The fraction of sp³-hybridized carbons (Fsp3) is 0.333. The second-order valence-electron chi connectivity index (χ2n) is 11.5. The first-order chi connectivity index (χ1) is 23.8. The molecule has 0 radical (unpaired) electrons. The monoisotopic (exact) mass is 707 g/mol. The van der Waals surface area contributed by atoms with Crippen molar-refractivity contribution in [2.24, 2.45) is 5.29 Å². The molecule has 0 saturated carbocycles. The molecule has 14 nitrogen and oxygen atoms in total. The lowest BCUT2D eigenvalue weighted by Gasteiger charge is -2.29. The van der Waals surface area contributed by atoms with Crippen molar-refractivity contribution in [2.75, 3.05) is 36.6 Å². The van der Waals surface area contributed by atoms with Crippen LogP contribution in [-0.4, -0.2) is 61.5 Å². The highest BCUT2D eigenvalue weighted by Crippen LogP contribution is 2.40. The van der Waals surface area contributed by atoms with Crippen molar-refractivity contribution in [1.29, 1.82) is 0 Å². The van der Waals surface area contributed by atoms with Gasteiger partial charge in [-0.2, -0.15) is 10.2 Å². The number of halogens is 2. The van der Waals surface area contributed by atoms with E-state index in [1.165, 1.54) is 26.9 Å². The van der Waals surface area contributed by atoms with Gasteiger partial charge in [-0.3, -0.25) is 0 Å². The molecule has 1 saturated heterocycles. The number of aromatic nitrogens is 6. The summed E-state index contributed by atoms with van der Waals surface area (Å²) >= 11 is 12.7. The van der Waals surface area contributed by atoms with Gasteiger partial charge in [-0.25, -0.2) is 28.7 Å². The highest BCUT2D eigenvalue weighted by molar-refractivity contribution is 6.35. The number of hydrogen-bond acceptors (Lipinski definition) is 10. The minimum Gasteiger partial charge on any atom is -0.491 e. The Labute approximate surface area is 292 Å². The van der Waals surface area contributed by atoms with Crippen molar-refractivity contribution >= 4 is 34.6 Å². The van der Waals surface area contributed by atoms with Crippen LogP contribution in [0.4, 0.5) is 11.4 Å². The highest BCUT2D eigenvalue weighted by Gasteiger charge is 2.45. The fourth-order valence-electron chi connectivity index (χ4n) is 5.42. The molecule has 0 bridgehead atoms. The van der Waals surface area contributed by atoms with Crippen molar-refractivity contribution in [3.63, 3.8) is 0 Å². The van der Waals surface area contributed by atoms with E-state index < -0.39 is 11.9 Å². The Hall–Kier alpha value is -4.76. The summed E-state index contributed by atoms with van der Waals surface area (Å²) in [5.74, 6) is -0.625. The molecule has 16 heteroatoms. The summed E-state index contributed by atoms with van der Waals surface area (Å²) in [5, 5.41) is 17.2. The molecule has 49 heavy (non-hydrogen) atoms. The molecule has 1 N–H and O–H groups in total. The molecule has 5 aromatic rings. The minimum atomic E-state index is -1.21. The van der Waals surface area contributed by atoms with E-state index in [0.717, 1.165) is 12.1 Å². The predicted molar refractivity (Wildman–Crippen MR) is 185 cm³/mol. The van der Waals surface area contributed by atoms with Gasteiger partial charge in [0.2, 0.25) is 5.79 Å². The molecule has 1 fully saturated rings. The molecule has 3 heterocycles. The Morgan fingerprint density at radius 1 is 1.10 bits per heavy atom. The number of hydrogen-bond donors (Lipinski definition) is 1. The van der Waals surface area contributed by atoms with Crippen molar-refractivity contribution < 1.29 is 14.2 Å². The molecule has 3 atom stereocenters. The molecule has 3 aromatic carbocycles. The molecule has 1 aliphatic rings. The zero-order valence-electron chi connectivity index (χ0n) is 26.9. The normalized spacial score (nSPS) is 17.9. The standard InChI is InChI=1S/C33H35Cl2N9O5/c1-3-23(2)44-32(45)42(22-39-44)26-7-5-25(6-8-26)37-14-15-43(40-46)27-9-11-28(12-10-27)47-17-29-18-48-33(49-29,19-41-21-36-20-38-41)30-13-4-24(34)16-31(30)35/h4-13,16,20-23,29,37H,3,14-15,17-19H2,1-2H3/t23?,29-,33-/m0/s1. The van der Waals surface area contributed by atoms with Gasteiger partial charge in [-0.1, -0.05) is 36.2 Å². The van der Waals surface area contributed by atoms with Crippen LogP contribution in [0, 0.1) is 4.91 Å². The summed E-state index contributed by atoms with van der Waals surface area (Å²) in [6.45, 7) is 5.42. The number of anilines is 2. The molecule has 256 valence electrons. The van der Waals surface area contributed by atoms with Crippen LogP contribution in [0.25, 0.3) is 5.69 Å². The van der Waals surface area contributed by atoms with Crippen LogP contribution in [0.15, 0.2) is 95.8 Å². The topological polar surface area (TPSA) is 143 Å². The third-order valence-electron chi connectivity index (χ3n) is 8.21. The number of rotatable bonds is 15. The van der Waals surface area contributed by atoms with Gasteiger partial charge in [0.25, 0.3) is 0 Å². The zero-order chi connectivity index (χ0) is 34.4. The third kappa shape index (κ3) is 7.78. The maximum absolute atomic E-state index is 12.7. The molecular formula is C33H35Cl2N9O5. The molecule has 1 aliphatic heterocycles. The maximum atomic E-state index is 12.7. The molecular weight excluding hydrogens is 673 g/mol. The quantitative estimate of drug-likeness (QED) is 0.104. The van der Waals surface area contributed by atoms with Gasteiger partial charge < -0.3 is 19.5 Å². The first-order valence-electron chi connectivity index (χ1n) is 15.7. The van der Waals surface area contributed by atoms with Crippen LogP contribution >= 0.6 is 23.2 Å². The van der Waals surface area contributed by atoms with Crippen molar-refractivity contribution in [2.45, 2.75) is 44.7 Å². The molecule has 0 spiro atoms. The smallest absolute Gasteiger partial charge is 0.350 e. The largest absolute Gasteiger partial charge is 0.491 e. The second kappa shape index (κ2) is 15.2. The summed E-state index contributed by atoms with van der Waals surface area (Å²) < 4.78 is 23.2. The van der Waals surface area contributed by atoms with E-state index >= 15 is 0 Å². The molecule has 1 unspecified atom stereocenters. The Morgan fingerprint density at radius 3 is 2.59 bits per heavy atom. The number of benzene rings is 3. The van der Waals surface area contributed by atoms with Gasteiger partial charge >= 0.3 is 5.69 Å². The van der Waals surface area contributed by atoms with Crippen molar-refractivity contribution in [3.8, 4) is 11.4 Å². The first kappa shape index (κ1) is 34.1. The van der Waals surface area contributed by atoms with Crippen LogP contribution in [0.5, 0.6) is 5.75 Å². The van der Waals surface area contributed by atoms with Gasteiger partial charge in [-0.05, 0) is 74.0 Å². The average molecular weight is 709 g/mol. The Morgan fingerprint density at radius 2 is 1.90 bits per heavy atom. The van der Waals surface area contributed by atoms with E-state index in [9.17, 15) is 9.70 Å². The lowest BCUT2D eigenvalue weighted by atomic mass is 10.1. The Balaban J connectivity index is 1.01. The van der Waals surface area contributed by atoms with Gasteiger partial charge in [0, 0.05) is 22.8 Å². The lowest BCUT2D eigenvalue weighted by molar-refractivity contribution is -0.190. The predicted octanol–water partition coefficient (Wildman–Crippen LogP) is 5.85. The van der Waals surface area contributed by atoms with Gasteiger partial charge in [0.15, 0.2) is 0 Å². The van der Waals surface area contributed by atoms with E-state index in [1.54, 1.807) is 53.5 Å². The summed E-state index contributed by atoms with van der Waals surface area (Å²) in [6, 6.07) is 19.6. The Bertz CT molecular complexity index is 1900. The van der Waals surface area contributed by atoms with Crippen LogP contribution in [0.3, 0.4) is 0 Å². The van der Waals surface area contributed by atoms with Crippen LogP contribution < -0.4 is 20.8 Å². The molecule has 2 aromatic heterocycles. The number of nitroso groups, excluding NO2 is 1. The maximum Gasteiger partial charge on any atom is 0.350 e. The Kier molecular flexibility index (Phi) is 10.6. The minimum absolute atomic E-state index is 0.0226. The number of ether oxygens (including phenoxy) is 3. The summed E-state index contributed by atoms with van der Waals surface area (Å²) in [5.41, 5.74) is 2.61. The van der Waals surface area contributed by atoms with E-state index in [2.05, 4.69) is 25.8 Å². The SMILES string of the molecule is CCC(C)n1ncn(-c2ccc(NCCN(N=O)c3ccc(OC[C@H]4CO[C@](Cn5cncn5)(c5ccc(Cl)cc5Cl)O4)cc3)cc2)c1=O. The van der Waals surface area contributed by atoms with Crippen LogP contribution in [0.2, 0.25) is 10.0 Å². The zero-order valence-corrected chi connectivity index (χ0v) is 28.4. The van der Waals surface area contributed by atoms with Gasteiger partial charge in [0.1, 0.15) is 44.0 Å². The highest BCUT2D eigenvalue weighted by atomic mass is 35.5. The number of nitrogens with one attached hydrogen (secondary N) is 1. The summed E-state index contributed by atoms with van der Waals surface area (Å²) in [6.07, 6.45) is 4.94. The summed E-state index contributed by atoms with van der Waals surface area (Å²) in [4.78, 5) is 28.4. The second-order valence-corrected chi connectivity index (χ2v) is 12.3. The van der Waals surface area contributed by atoms with Crippen molar-refractivity contribution in [1.82, 2.24) is 29.1 Å².